The van der Waals surface area contributed by atoms with E-state index >= 15 is 0 Å². The first kappa shape index (κ1) is 9.23. The predicted molar refractivity (Wildman–Crippen MR) is 54.3 cm³/mol. The summed E-state index contributed by atoms with van der Waals surface area (Å²) >= 11 is 3.16. The lowest BCUT2D eigenvalue weighted by Gasteiger charge is -1.94. The number of hydrogen-bond donors (Lipinski definition) is 1. The highest BCUT2D eigenvalue weighted by atomic mass is 32.2. The van der Waals surface area contributed by atoms with Gasteiger partial charge in [0.15, 0.2) is 4.34 Å². The number of hydrogen-bond acceptors (Lipinski definition) is 6. The molecule has 0 radical (unpaired) electrons. The van der Waals surface area contributed by atoms with Crippen LogP contribution in [0.15, 0.2) is 4.34 Å². The van der Waals surface area contributed by atoms with Crippen molar-refractivity contribution in [2.45, 2.75) is 23.2 Å². The lowest BCUT2D eigenvalue weighted by atomic mass is 10.7. The van der Waals surface area contributed by atoms with Gasteiger partial charge in [0.1, 0.15) is 0 Å². The molecule has 1 heterocycles. The molecule has 1 aromatic heterocycles. The Balaban J connectivity index is 1.84. The topological polar surface area (TPSA) is 47.0 Å². The van der Waals surface area contributed by atoms with Gasteiger partial charge in [0.25, 0.3) is 0 Å². The molecule has 1 fully saturated rings. The van der Waals surface area contributed by atoms with E-state index in [2.05, 4.69) is 15.5 Å². The fourth-order valence-corrected chi connectivity index (χ4v) is 2.33. The van der Waals surface area contributed by atoms with Gasteiger partial charge in [-0.2, -0.15) is 0 Å². The van der Waals surface area contributed by atoms with E-state index in [1.165, 1.54) is 12.8 Å². The summed E-state index contributed by atoms with van der Waals surface area (Å²) in [6.45, 7) is 0. The van der Waals surface area contributed by atoms with E-state index in [1.54, 1.807) is 30.2 Å². The molecule has 1 N–H and O–H groups in total. The maximum atomic E-state index is 4.93. The molecule has 4 nitrogen and oxygen atoms in total. The van der Waals surface area contributed by atoms with Crippen LogP contribution in [0.1, 0.15) is 12.8 Å². The van der Waals surface area contributed by atoms with Crippen molar-refractivity contribution in [2.24, 2.45) is 0 Å². The Bertz CT molecular complexity index is 274. The zero-order valence-electron chi connectivity index (χ0n) is 7.32. The zero-order valence-corrected chi connectivity index (χ0v) is 8.95. The summed E-state index contributed by atoms with van der Waals surface area (Å²) in [6, 6.07) is 0.647. The van der Waals surface area contributed by atoms with Gasteiger partial charge in [-0.3, -0.25) is 0 Å². The lowest BCUT2D eigenvalue weighted by Crippen LogP contribution is -1.99. The monoisotopic (exact) mass is 217 g/mol. The first-order chi connectivity index (χ1) is 6.38. The Labute approximate surface area is 85.1 Å². The number of nitrogens with one attached hydrogen (secondary N) is 1. The largest absolute Gasteiger partial charge is 0.374 e. The first-order valence-electron chi connectivity index (χ1n) is 4.10. The maximum Gasteiger partial charge on any atom is 0.206 e. The number of rotatable bonds is 5. The van der Waals surface area contributed by atoms with E-state index < -0.39 is 0 Å². The Morgan fingerprint density at radius 1 is 1.62 bits per heavy atom. The van der Waals surface area contributed by atoms with Crippen LogP contribution in [-0.4, -0.2) is 29.3 Å². The fraction of sp³-hybridized carbons (Fsp3) is 0.714. The second-order valence-corrected chi connectivity index (χ2v) is 4.99. The average Bonchev–Trinajstić information content (AvgIpc) is 2.81. The van der Waals surface area contributed by atoms with Crippen molar-refractivity contribution in [3.8, 4) is 0 Å². The number of nitrogens with zero attached hydrogens (tertiary/aromatic N) is 2. The Morgan fingerprint density at radius 3 is 3.15 bits per heavy atom. The lowest BCUT2D eigenvalue weighted by molar-refractivity contribution is 0.259. The molecule has 0 aromatic carbocycles. The van der Waals surface area contributed by atoms with Crippen LogP contribution in [0.2, 0.25) is 0 Å². The van der Waals surface area contributed by atoms with E-state index in [1.807, 2.05) is 0 Å². The SMILES string of the molecule is COCSc1nnc(NC2CC2)s1. The molecule has 2 rings (SSSR count). The van der Waals surface area contributed by atoms with Crippen molar-refractivity contribution in [2.75, 3.05) is 18.4 Å². The highest BCUT2D eigenvalue weighted by molar-refractivity contribution is 8.00. The van der Waals surface area contributed by atoms with Crippen molar-refractivity contribution in [3.63, 3.8) is 0 Å². The van der Waals surface area contributed by atoms with E-state index in [-0.39, 0.29) is 0 Å². The normalized spacial score (nSPS) is 16.1. The fourth-order valence-electron chi connectivity index (χ4n) is 0.838. The van der Waals surface area contributed by atoms with E-state index in [0.29, 0.717) is 12.0 Å². The van der Waals surface area contributed by atoms with Crippen LogP contribution in [0.4, 0.5) is 5.13 Å². The molecule has 72 valence electrons. The Kier molecular flexibility index (Phi) is 3.02. The van der Waals surface area contributed by atoms with Crippen LogP contribution in [0, 0.1) is 0 Å². The third-order valence-corrected chi connectivity index (χ3v) is 3.55. The second-order valence-electron chi connectivity index (χ2n) is 2.84. The van der Waals surface area contributed by atoms with Crippen molar-refractivity contribution in [1.82, 2.24) is 10.2 Å². The average molecular weight is 217 g/mol. The van der Waals surface area contributed by atoms with Crippen LogP contribution in [0.5, 0.6) is 0 Å². The van der Waals surface area contributed by atoms with Gasteiger partial charge in [-0.1, -0.05) is 23.1 Å². The summed E-state index contributed by atoms with van der Waals surface area (Å²) < 4.78 is 5.89. The van der Waals surface area contributed by atoms with E-state index in [9.17, 15) is 0 Å². The highest BCUT2D eigenvalue weighted by Gasteiger charge is 2.22. The Hall–Kier alpha value is -0.330. The predicted octanol–water partition coefficient (Wildman–Crippen LogP) is 1.81. The summed E-state index contributed by atoms with van der Waals surface area (Å²) in [6.07, 6.45) is 2.53. The number of methoxy groups -OCH3 is 1. The number of thioether (sulfide) groups is 1. The minimum absolute atomic E-state index is 0.637. The van der Waals surface area contributed by atoms with Crippen molar-refractivity contribution >= 4 is 28.2 Å². The smallest absolute Gasteiger partial charge is 0.206 e. The number of ether oxygens (including phenoxy) is 1. The van der Waals surface area contributed by atoms with Crippen LogP contribution >= 0.6 is 23.1 Å². The molecule has 0 bridgehead atoms. The molecular formula is C7H11N3OS2. The molecular weight excluding hydrogens is 206 g/mol. The van der Waals surface area contributed by atoms with Gasteiger partial charge in [-0.25, -0.2) is 0 Å². The summed E-state index contributed by atoms with van der Waals surface area (Å²) in [7, 11) is 1.68. The van der Waals surface area contributed by atoms with E-state index in [0.717, 1.165) is 9.47 Å². The molecule has 6 heteroatoms. The highest BCUT2D eigenvalue weighted by Crippen LogP contribution is 2.29. The molecule has 0 saturated heterocycles. The number of aromatic nitrogens is 2. The first-order valence-corrected chi connectivity index (χ1v) is 5.90. The summed E-state index contributed by atoms with van der Waals surface area (Å²) in [5.41, 5.74) is 0. The van der Waals surface area contributed by atoms with Crippen molar-refractivity contribution in [3.05, 3.63) is 0 Å². The molecule has 1 aliphatic carbocycles. The van der Waals surface area contributed by atoms with Gasteiger partial charge in [-0.05, 0) is 12.8 Å². The molecule has 1 aliphatic rings. The molecule has 1 saturated carbocycles. The van der Waals surface area contributed by atoms with E-state index in [4.69, 9.17) is 4.74 Å². The molecule has 0 amide bonds. The summed E-state index contributed by atoms with van der Waals surface area (Å²) in [5, 5.41) is 12.3. The molecule has 0 atom stereocenters. The van der Waals surface area contributed by atoms with Gasteiger partial charge >= 0.3 is 0 Å². The summed E-state index contributed by atoms with van der Waals surface area (Å²) in [4.78, 5) is 0. The molecule has 0 aliphatic heterocycles. The molecule has 0 spiro atoms. The van der Waals surface area contributed by atoms with Crippen LogP contribution < -0.4 is 5.32 Å². The third-order valence-electron chi connectivity index (χ3n) is 1.61. The maximum absolute atomic E-state index is 4.93. The van der Waals surface area contributed by atoms with Gasteiger partial charge in [0.05, 0.1) is 5.94 Å². The Morgan fingerprint density at radius 2 is 2.46 bits per heavy atom. The number of anilines is 1. The van der Waals surface area contributed by atoms with Crippen molar-refractivity contribution < 1.29 is 4.74 Å². The molecule has 1 aromatic rings. The second kappa shape index (κ2) is 4.26. The zero-order chi connectivity index (χ0) is 9.10. The van der Waals surface area contributed by atoms with Crippen LogP contribution in [-0.2, 0) is 4.74 Å². The van der Waals surface area contributed by atoms with Gasteiger partial charge < -0.3 is 10.1 Å². The third kappa shape index (κ3) is 2.82. The van der Waals surface area contributed by atoms with Crippen molar-refractivity contribution in [1.29, 1.82) is 0 Å². The van der Waals surface area contributed by atoms with Crippen LogP contribution in [0.25, 0.3) is 0 Å². The van der Waals surface area contributed by atoms with Gasteiger partial charge in [0, 0.05) is 13.2 Å². The van der Waals surface area contributed by atoms with Gasteiger partial charge in [-0.15, -0.1) is 10.2 Å². The van der Waals surface area contributed by atoms with Crippen LogP contribution in [0.3, 0.4) is 0 Å². The molecule has 13 heavy (non-hydrogen) atoms. The quantitative estimate of drug-likeness (QED) is 0.602. The summed E-state index contributed by atoms with van der Waals surface area (Å²) in [5.74, 6) is 0.637. The molecule has 0 unspecified atom stereocenters. The van der Waals surface area contributed by atoms with Gasteiger partial charge in [0.2, 0.25) is 5.13 Å². The minimum atomic E-state index is 0.637. The minimum Gasteiger partial charge on any atom is -0.374 e. The standard InChI is InChI=1S/C7H11N3OS2/c1-11-4-12-7-10-9-6(13-7)8-5-2-3-5/h5H,2-4H2,1H3,(H,8,9).